The van der Waals surface area contributed by atoms with Crippen LogP contribution in [-0.4, -0.2) is 30.7 Å². The van der Waals surface area contributed by atoms with Crippen LogP contribution in [0.2, 0.25) is 0 Å². The predicted octanol–water partition coefficient (Wildman–Crippen LogP) is 6.69. The number of unbranched alkanes of at least 4 members (excludes halogenated alkanes) is 16. The van der Waals surface area contributed by atoms with Crippen LogP contribution in [0.5, 0.6) is 0 Å². The molecule has 0 aromatic carbocycles. The van der Waals surface area contributed by atoms with Gasteiger partial charge >= 0.3 is 0 Å². The zero-order valence-electron chi connectivity index (χ0n) is 21.8. The molecule has 2 heteroatoms. The van der Waals surface area contributed by atoms with Gasteiger partial charge in [0, 0.05) is 0 Å². The fraction of sp³-hybridized carbons (Fsp3) is 1.00. The highest BCUT2D eigenvalue weighted by Crippen LogP contribution is 2.19. The molecule has 0 fully saturated rings. The van der Waals surface area contributed by atoms with Crippen molar-refractivity contribution < 1.29 is 16.9 Å². The van der Waals surface area contributed by atoms with Crippen LogP contribution in [0.15, 0.2) is 0 Å². The summed E-state index contributed by atoms with van der Waals surface area (Å²) in [4.78, 5) is 0. The number of hydrogen-bond acceptors (Lipinski definition) is 0. The Kier molecular flexibility index (Phi) is 27.6. The molecule has 0 rings (SSSR count). The van der Waals surface area contributed by atoms with E-state index in [0.29, 0.717) is 0 Å². The smallest absolute Gasteiger partial charge is 0.0786 e. The maximum absolute atomic E-state index is 2.38. The van der Waals surface area contributed by atoms with Gasteiger partial charge < -0.3 is 16.9 Å². The van der Waals surface area contributed by atoms with Crippen LogP contribution < -0.4 is 12.4 Å². The van der Waals surface area contributed by atoms with Crippen molar-refractivity contribution in [3.8, 4) is 0 Å². The van der Waals surface area contributed by atoms with Crippen molar-refractivity contribution in [2.24, 2.45) is 0 Å². The van der Waals surface area contributed by atoms with Gasteiger partial charge in [0.1, 0.15) is 0 Å². The van der Waals surface area contributed by atoms with E-state index < -0.39 is 0 Å². The normalized spacial score (nSPS) is 11.6. The summed E-state index contributed by atoms with van der Waals surface area (Å²) in [5.41, 5.74) is 0. The summed E-state index contributed by atoms with van der Waals surface area (Å²) in [6, 6.07) is 0. The Balaban J connectivity index is 0. The first-order chi connectivity index (χ1) is 14.2. The Labute approximate surface area is 199 Å². The van der Waals surface area contributed by atoms with Gasteiger partial charge in [-0.1, -0.05) is 111 Å². The molecular weight excluding hydrogens is 386 g/mol. The van der Waals surface area contributed by atoms with Crippen molar-refractivity contribution in [3.63, 3.8) is 0 Å². The summed E-state index contributed by atoms with van der Waals surface area (Å²) in [5.74, 6) is 0. The SMILES string of the molecule is CCCCCCCC[N+](CCCC)(CCCCCCCC)CCCCCCCC.[Cl-]. The monoisotopic (exact) mass is 445 g/mol. The third-order valence-electron chi connectivity index (χ3n) is 6.94. The Hall–Kier alpha value is 0.250. The van der Waals surface area contributed by atoms with E-state index in [1.807, 2.05) is 0 Å². The summed E-state index contributed by atoms with van der Waals surface area (Å²) in [6.07, 6.45) is 28.8. The highest BCUT2D eigenvalue weighted by Gasteiger charge is 2.25. The molecular formula is C28H60ClN. The summed E-state index contributed by atoms with van der Waals surface area (Å²) in [5, 5.41) is 0. The maximum Gasteiger partial charge on any atom is 0.0786 e. The first-order valence-corrected chi connectivity index (χ1v) is 14.1. The lowest BCUT2D eigenvalue weighted by Crippen LogP contribution is -3.00. The number of rotatable bonds is 24. The van der Waals surface area contributed by atoms with Crippen molar-refractivity contribution in [2.45, 2.75) is 156 Å². The highest BCUT2D eigenvalue weighted by molar-refractivity contribution is 4.54. The Morgan fingerprint density at radius 1 is 0.300 bits per heavy atom. The van der Waals surface area contributed by atoms with Crippen LogP contribution in [0.1, 0.15) is 156 Å². The molecule has 0 bridgehead atoms. The highest BCUT2D eigenvalue weighted by atomic mass is 35.5. The van der Waals surface area contributed by atoms with Crippen molar-refractivity contribution in [2.75, 3.05) is 26.2 Å². The molecule has 1 nitrogen and oxygen atoms in total. The second-order valence-electron chi connectivity index (χ2n) is 9.89. The van der Waals surface area contributed by atoms with E-state index in [1.165, 1.54) is 159 Å². The van der Waals surface area contributed by atoms with E-state index >= 15 is 0 Å². The van der Waals surface area contributed by atoms with Gasteiger partial charge in [-0.3, -0.25) is 0 Å². The van der Waals surface area contributed by atoms with Gasteiger partial charge in [0.15, 0.2) is 0 Å². The molecule has 0 radical (unpaired) electrons. The summed E-state index contributed by atoms with van der Waals surface area (Å²) >= 11 is 0. The van der Waals surface area contributed by atoms with Gasteiger partial charge in [-0.15, -0.1) is 0 Å². The Morgan fingerprint density at radius 3 is 0.833 bits per heavy atom. The van der Waals surface area contributed by atoms with E-state index in [2.05, 4.69) is 27.7 Å². The third kappa shape index (κ3) is 20.2. The fourth-order valence-corrected chi connectivity index (χ4v) is 4.85. The second-order valence-corrected chi connectivity index (χ2v) is 9.89. The number of nitrogens with zero attached hydrogens (tertiary/aromatic N) is 1. The van der Waals surface area contributed by atoms with Crippen LogP contribution >= 0.6 is 0 Å². The Morgan fingerprint density at radius 2 is 0.533 bits per heavy atom. The molecule has 0 amide bonds. The maximum atomic E-state index is 2.38. The van der Waals surface area contributed by atoms with Gasteiger partial charge in [0.25, 0.3) is 0 Å². The van der Waals surface area contributed by atoms with E-state index in [9.17, 15) is 0 Å². The average Bonchev–Trinajstić information content (AvgIpc) is 2.74. The minimum atomic E-state index is 0. The first-order valence-electron chi connectivity index (χ1n) is 14.1. The van der Waals surface area contributed by atoms with Gasteiger partial charge in [0.2, 0.25) is 0 Å². The Bertz CT molecular complexity index is 264. The van der Waals surface area contributed by atoms with E-state index in [0.717, 1.165) is 0 Å². The molecule has 0 aliphatic rings. The van der Waals surface area contributed by atoms with E-state index in [1.54, 1.807) is 0 Å². The zero-order valence-corrected chi connectivity index (χ0v) is 22.6. The zero-order chi connectivity index (χ0) is 21.5. The predicted molar refractivity (Wildman–Crippen MR) is 135 cm³/mol. The fourth-order valence-electron chi connectivity index (χ4n) is 4.85. The lowest BCUT2D eigenvalue weighted by molar-refractivity contribution is -0.929. The molecule has 0 aromatic rings. The van der Waals surface area contributed by atoms with Crippen molar-refractivity contribution in [1.29, 1.82) is 0 Å². The van der Waals surface area contributed by atoms with Gasteiger partial charge in [0.05, 0.1) is 26.2 Å². The van der Waals surface area contributed by atoms with Crippen LogP contribution in [0.25, 0.3) is 0 Å². The molecule has 0 heterocycles. The van der Waals surface area contributed by atoms with Crippen LogP contribution in [-0.2, 0) is 0 Å². The molecule has 184 valence electrons. The molecule has 0 spiro atoms. The number of hydrogen-bond donors (Lipinski definition) is 0. The molecule has 0 aliphatic carbocycles. The number of quaternary nitrogens is 1. The van der Waals surface area contributed by atoms with Gasteiger partial charge in [-0.05, 0) is 44.9 Å². The minimum absolute atomic E-state index is 0. The van der Waals surface area contributed by atoms with E-state index in [-0.39, 0.29) is 12.4 Å². The van der Waals surface area contributed by atoms with E-state index in [4.69, 9.17) is 0 Å². The van der Waals surface area contributed by atoms with Crippen molar-refractivity contribution in [1.82, 2.24) is 0 Å². The molecule has 0 saturated carbocycles. The summed E-state index contributed by atoms with van der Waals surface area (Å²) in [7, 11) is 0. The lowest BCUT2D eigenvalue weighted by Gasteiger charge is -2.39. The van der Waals surface area contributed by atoms with Crippen molar-refractivity contribution in [3.05, 3.63) is 0 Å². The average molecular weight is 446 g/mol. The quantitative estimate of drug-likeness (QED) is 0.115. The third-order valence-corrected chi connectivity index (χ3v) is 6.94. The lowest BCUT2D eigenvalue weighted by atomic mass is 10.1. The van der Waals surface area contributed by atoms with Crippen molar-refractivity contribution >= 4 is 0 Å². The molecule has 0 aliphatic heterocycles. The largest absolute Gasteiger partial charge is 1.00 e. The standard InChI is InChI=1S/C28H60N.ClH/c1-5-9-13-16-19-22-26-29(25-12-8-4,27-23-20-17-14-10-6-2)28-24-21-18-15-11-7-3;/h5-28H2,1-4H3;1H/q+1;/p-1. The first kappa shape index (κ1) is 32.4. The van der Waals surface area contributed by atoms with Gasteiger partial charge in [-0.2, -0.15) is 0 Å². The van der Waals surface area contributed by atoms with Crippen LogP contribution in [0.4, 0.5) is 0 Å². The molecule has 0 atom stereocenters. The molecule has 0 saturated heterocycles. The van der Waals surface area contributed by atoms with Crippen LogP contribution in [0.3, 0.4) is 0 Å². The summed E-state index contributed by atoms with van der Waals surface area (Å²) in [6.45, 7) is 15.2. The number of halogens is 1. The molecule has 0 N–H and O–H groups in total. The topological polar surface area (TPSA) is 0 Å². The molecule has 0 unspecified atom stereocenters. The molecule has 0 aromatic heterocycles. The summed E-state index contributed by atoms with van der Waals surface area (Å²) < 4.78 is 1.46. The van der Waals surface area contributed by atoms with Gasteiger partial charge in [-0.25, -0.2) is 0 Å². The van der Waals surface area contributed by atoms with Crippen LogP contribution in [0, 0.1) is 0 Å². The minimum Gasteiger partial charge on any atom is -1.00 e. The molecule has 30 heavy (non-hydrogen) atoms. The second kappa shape index (κ2) is 25.5.